The number of rotatable bonds is 6. The van der Waals surface area contributed by atoms with Crippen molar-refractivity contribution in [2.24, 2.45) is 10.9 Å². The van der Waals surface area contributed by atoms with E-state index in [-0.39, 0.29) is 5.84 Å². The lowest BCUT2D eigenvalue weighted by Gasteiger charge is -2.29. The van der Waals surface area contributed by atoms with Crippen LogP contribution in [-0.4, -0.2) is 54.8 Å². The van der Waals surface area contributed by atoms with Crippen molar-refractivity contribution in [3.8, 4) is 0 Å². The van der Waals surface area contributed by atoms with Crippen LogP contribution >= 0.6 is 0 Å². The summed E-state index contributed by atoms with van der Waals surface area (Å²) in [6.45, 7) is 7.63. The van der Waals surface area contributed by atoms with Crippen LogP contribution in [0.15, 0.2) is 29.4 Å². The molecule has 0 saturated carbocycles. The molecule has 0 aromatic heterocycles. The first-order valence-corrected chi connectivity index (χ1v) is 7.29. The van der Waals surface area contributed by atoms with Gasteiger partial charge in [0.05, 0.1) is 13.2 Å². The van der Waals surface area contributed by atoms with Crippen LogP contribution in [0, 0.1) is 0 Å². The largest absolute Gasteiger partial charge is 0.409 e. The predicted molar refractivity (Wildman–Crippen MR) is 82.5 cm³/mol. The van der Waals surface area contributed by atoms with Crippen molar-refractivity contribution >= 4 is 5.84 Å². The molecule has 4 N–H and O–H groups in total. The first kappa shape index (κ1) is 15.8. The van der Waals surface area contributed by atoms with Crippen molar-refractivity contribution in [3.05, 3.63) is 35.4 Å². The second-order valence-electron chi connectivity index (χ2n) is 5.38. The second kappa shape index (κ2) is 7.97. The number of hydrogen-bond acceptors (Lipinski definition) is 5. The number of oxime groups is 1. The van der Waals surface area contributed by atoms with Gasteiger partial charge in [-0.05, 0) is 18.6 Å². The Labute approximate surface area is 125 Å². The van der Waals surface area contributed by atoms with E-state index in [2.05, 4.69) is 22.3 Å². The molecule has 1 aromatic rings. The van der Waals surface area contributed by atoms with E-state index in [0.717, 1.165) is 50.5 Å². The molecule has 0 spiro atoms. The maximum absolute atomic E-state index is 8.71. The average molecular weight is 292 g/mol. The summed E-state index contributed by atoms with van der Waals surface area (Å²) in [6, 6.07) is 8.11. The van der Waals surface area contributed by atoms with Crippen LogP contribution in [0.5, 0.6) is 0 Å². The summed E-state index contributed by atoms with van der Waals surface area (Å²) in [5.41, 5.74) is 7.46. The van der Waals surface area contributed by atoms with Crippen molar-refractivity contribution in [2.75, 3.05) is 32.8 Å². The minimum absolute atomic E-state index is 0.137. The Kier molecular flexibility index (Phi) is 5.98. The van der Waals surface area contributed by atoms with Gasteiger partial charge in [0, 0.05) is 37.8 Å². The highest BCUT2D eigenvalue weighted by Crippen LogP contribution is 2.06. The highest BCUT2D eigenvalue weighted by atomic mass is 16.5. The number of nitrogens with zero attached hydrogens (tertiary/aromatic N) is 2. The lowest BCUT2D eigenvalue weighted by molar-refractivity contribution is 0.0343. The van der Waals surface area contributed by atoms with Crippen molar-refractivity contribution in [2.45, 2.75) is 19.5 Å². The Balaban J connectivity index is 1.81. The molecule has 116 valence electrons. The molecule has 2 rings (SSSR count). The molecule has 1 saturated heterocycles. The molecule has 1 aliphatic rings. The summed E-state index contributed by atoms with van der Waals surface area (Å²) in [5.74, 6) is 0.137. The van der Waals surface area contributed by atoms with Crippen molar-refractivity contribution < 1.29 is 9.94 Å². The third-order valence-corrected chi connectivity index (χ3v) is 3.62. The van der Waals surface area contributed by atoms with Crippen LogP contribution < -0.4 is 11.1 Å². The van der Waals surface area contributed by atoms with Crippen molar-refractivity contribution in [3.63, 3.8) is 0 Å². The summed E-state index contributed by atoms with van der Waals surface area (Å²) in [4.78, 5) is 2.41. The number of nitrogens with one attached hydrogen (secondary N) is 1. The molecule has 6 nitrogen and oxygen atoms in total. The Hall–Kier alpha value is -1.63. The zero-order valence-corrected chi connectivity index (χ0v) is 12.5. The zero-order valence-electron chi connectivity index (χ0n) is 12.5. The molecule has 6 heteroatoms. The van der Waals surface area contributed by atoms with Gasteiger partial charge >= 0.3 is 0 Å². The Morgan fingerprint density at radius 2 is 2.24 bits per heavy atom. The molecular formula is C15H24N4O2. The molecule has 0 amide bonds. The van der Waals surface area contributed by atoms with Crippen LogP contribution in [0.25, 0.3) is 0 Å². The lowest BCUT2D eigenvalue weighted by atomic mass is 10.1. The van der Waals surface area contributed by atoms with Gasteiger partial charge in [0.2, 0.25) is 0 Å². The summed E-state index contributed by atoms with van der Waals surface area (Å²) < 4.78 is 5.35. The summed E-state index contributed by atoms with van der Waals surface area (Å²) in [7, 11) is 0. The molecule has 1 atom stereocenters. The highest BCUT2D eigenvalue weighted by molar-refractivity contribution is 5.97. The second-order valence-corrected chi connectivity index (χ2v) is 5.38. The zero-order chi connectivity index (χ0) is 15.1. The molecule has 1 unspecified atom stereocenters. The van der Waals surface area contributed by atoms with E-state index >= 15 is 0 Å². The first-order chi connectivity index (χ1) is 10.2. The SMILES string of the molecule is CC(CN1CCOCC1)NCc1cccc(C(N)=NO)c1. The quantitative estimate of drug-likeness (QED) is 0.309. The summed E-state index contributed by atoms with van der Waals surface area (Å²) >= 11 is 0. The standard InChI is InChI=1S/C15H24N4O2/c1-12(11-19-5-7-21-8-6-19)17-10-13-3-2-4-14(9-13)15(16)18-20/h2-4,9,12,17,20H,5-8,10-11H2,1H3,(H2,16,18). The number of hydrogen-bond donors (Lipinski definition) is 3. The Morgan fingerprint density at radius 3 is 2.95 bits per heavy atom. The van der Waals surface area contributed by atoms with Crippen LogP contribution in [-0.2, 0) is 11.3 Å². The molecule has 1 fully saturated rings. The summed E-state index contributed by atoms with van der Waals surface area (Å²) in [5, 5.41) is 15.2. The minimum Gasteiger partial charge on any atom is -0.409 e. The van der Waals surface area contributed by atoms with E-state index < -0.39 is 0 Å². The Morgan fingerprint density at radius 1 is 1.48 bits per heavy atom. The van der Waals surface area contributed by atoms with E-state index in [4.69, 9.17) is 15.7 Å². The van der Waals surface area contributed by atoms with Crippen LogP contribution in [0.3, 0.4) is 0 Å². The van der Waals surface area contributed by atoms with Gasteiger partial charge < -0.3 is 21.0 Å². The maximum atomic E-state index is 8.71. The van der Waals surface area contributed by atoms with Crippen LogP contribution in [0.1, 0.15) is 18.1 Å². The number of ether oxygens (including phenoxy) is 1. The molecule has 0 aliphatic carbocycles. The van der Waals surface area contributed by atoms with Gasteiger partial charge in [-0.15, -0.1) is 0 Å². The van der Waals surface area contributed by atoms with Gasteiger partial charge in [-0.25, -0.2) is 0 Å². The molecule has 0 bridgehead atoms. The van der Waals surface area contributed by atoms with E-state index in [0.29, 0.717) is 6.04 Å². The molecule has 1 aliphatic heterocycles. The normalized spacial score (nSPS) is 18.6. The number of benzene rings is 1. The molecule has 0 radical (unpaired) electrons. The Bertz CT molecular complexity index is 472. The third-order valence-electron chi connectivity index (χ3n) is 3.62. The molecule has 1 aromatic carbocycles. The lowest BCUT2D eigenvalue weighted by Crippen LogP contribution is -2.44. The fourth-order valence-corrected chi connectivity index (χ4v) is 2.43. The topological polar surface area (TPSA) is 83.1 Å². The van der Waals surface area contributed by atoms with E-state index in [1.54, 1.807) is 0 Å². The van der Waals surface area contributed by atoms with E-state index in [1.807, 2.05) is 24.3 Å². The average Bonchev–Trinajstić information content (AvgIpc) is 2.53. The van der Waals surface area contributed by atoms with Crippen molar-refractivity contribution in [1.82, 2.24) is 10.2 Å². The fourth-order valence-electron chi connectivity index (χ4n) is 2.43. The van der Waals surface area contributed by atoms with Crippen LogP contribution in [0.4, 0.5) is 0 Å². The number of amidine groups is 1. The molecular weight excluding hydrogens is 268 g/mol. The number of nitrogens with two attached hydrogens (primary N) is 1. The third kappa shape index (κ3) is 5.00. The fraction of sp³-hybridized carbons (Fsp3) is 0.533. The number of morpholine rings is 1. The van der Waals surface area contributed by atoms with Crippen LogP contribution in [0.2, 0.25) is 0 Å². The molecule has 1 heterocycles. The summed E-state index contributed by atoms with van der Waals surface area (Å²) in [6.07, 6.45) is 0. The molecule has 21 heavy (non-hydrogen) atoms. The van der Waals surface area contributed by atoms with Crippen molar-refractivity contribution in [1.29, 1.82) is 0 Å². The first-order valence-electron chi connectivity index (χ1n) is 7.29. The van der Waals surface area contributed by atoms with E-state index in [9.17, 15) is 0 Å². The van der Waals surface area contributed by atoms with Gasteiger partial charge in [-0.1, -0.05) is 23.4 Å². The smallest absolute Gasteiger partial charge is 0.170 e. The van der Waals surface area contributed by atoms with Gasteiger partial charge in [-0.3, -0.25) is 4.90 Å². The highest BCUT2D eigenvalue weighted by Gasteiger charge is 2.13. The monoisotopic (exact) mass is 292 g/mol. The van der Waals surface area contributed by atoms with Gasteiger partial charge in [0.15, 0.2) is 5.84 Å². The maximum Gasteiger partial charge on any atom is 0.170 e. The van der Waals surface area contributed by atoms with Gasteiger partial charge in [-0.2, -0.15) is 0 Å². The van der Waals surface area contributed by atoms with Gasteiger partial charge in [0.25, 0.3) is 0 Å². The van der Waals surface area contributed by atoms with E-state index in [1.165, 1.54) is 0 Å². The van der Waals surface area contributed by atoms with Gasteiger partial charge in [0.1, 0.15) is 0 Å². The minimum atomic E-state index is 0.137. The predicted octanol–water partition coefficient (Wildman–Crippen LogP) is 0.591.